The van der Waals surface area contributed by atoms with Crippen LogP contribution in [-0.2, 0) is 10.2 Å². The molecule has 1 aliphatic heterocycles. The number of hydrogen-bond acceptors (Lipinski definition) is 4. The van der Waals surface area contributed by atoms with E-state index in [1.54, 1.807) is 0 Å². The smallest absolute Gasteiger partial charge is 0.123 e. The minimum absolute atomic E-state index is 0.0682. The van der Waals surface area contributed by atoms with Crippen LogP contribution in [0.5, 0.6) is 11.5 Å². The molecule has 0 unspecified atom stereocenters. The van der Waals surface area contributed by atoms with Gasteiger partial charge in [0.2, 0.25) is 0 Å². The fourth-order valence-corrected chi connectivity index (χ4v) is 3.23. The number of ether oxygens (including phenoxy) is 3. The van der Waals surface area contributed by atoms with Crippen LogP contribution in [0, 0.1) is 0 Å². The normalized spacial score (nSPS) is 16.9. The first-order chi connectivity index (χ1) is 13.0. The Hall–Kier alpha value is -2.20. The molecule has 4 nitrogen and oxygen atoms in total. The van der Waals surface area contributed by atoms with Crippen molar-refractivity contribution in [2.45, 2.75) is 45.1 Å². The third-order valence-electron chi connectivity index (χ3n) is 4.68. The fourth-order valence-electron chi connectivity index (χ4n) is 3.23. The van der Waals surface area contributed by atoms with Crippen molar-refractivity contribution < 1.29 is 14.2 Å². The molecule has 0 aliphatic carbocycles. The Morgan fingerprint density at radius 3 is 2.70 bits per heavy atom. The Kier molecular flexibility index (Phi) is 6.62. The van der Waals surface area contributed by atoms with Crippen LogP contribution in [0.25, 0.3) is 0 Å². The molecule has 1 saturated heterocycles. The van der Waals surface area contributed by atoms with E-state index >= 15 is 0 Å². The van der Waals surface area contributed by atoms with E-state index in [4.69, 9.17) is 14.2 Å². The maximum Gasteiger partial charge on any atom is 0.123 e. The maximum absolute atomic E-state index is 6.02. The average molecular weight is 370 g/mol. The number of nitrogens with one attached hydrogen (secondary N) is 1. The second kappa shape index (κ2) is 9.14. The summed E-state index contributed by atoms with van der Waals surface area (Å²) in [5.41, 5.74) is 2.33. The van der Waals surface area contributed by atoms with Gasteiger partial charge in [0.25, 0.3) is 0 Å². The number of hydrogen-bond donors (Lipinski definition) is 1. The summed E-state index contributed by atoms with van der Waals surface area (Å²) >= 11 is 0. The number of rotatable bonds is 8. The van der Waals surface area contributed by atoms with Gasteiger partial charge < -0.3 is 19.5 Å². The molecule has 0 saturated carbocycles. The highest BCUT2D eigenvalue weighted by molar-refractivity contribution is 5.48. The highest BCUT2D eigenvalue weighted by Gasteiger charge is 2.18. The van der Waals surface area contributed by atoms with Gasteiger partial charge in [-0.1, -0.05) is 45.0 Å². The molecule has 0 amide bonds. The molecule has 0 radical (unpaired) electrons. The molecule has 1 fully saturated rings. The van der Waals surface area contributed by atoms with Gasteiger partial charge in [0, 0.05) is 24.9 Å². The lowest BCUT2D eigenvalue weighted by Crippen LogP contribution is -2.17. The summed E-state index contributed by atoms with van der Waals surface area (Å²) in [6.07, 6.45) is 2.46. The predicted octanol–water partition coefficient (Wildman–Crippen LogP) is 5.03. The lowest BCUT2D eigenvalue weighted by Gasteiger charge is -2.22. The first-order valence-corrected chi connectivity index (χ1v) is 9.83. The summed E-state index contributed by atoms with van der Waals surface area (Å²) < 4.78 is 17.5. The van der Waals surface area contributed by atoms with E-state index in [-0.39, 0.29) is 11.5 Å². The van der Waals surface area contributed by atoms with E-state index < -0.39 is 0 Å². The topological polar surface area (TPSA) is 39.7 Å². The van der Waals surface area contributed by atoms with E-state index in [2.05, 4.69) is 38.2 Å². The van der Waals surface area contributed by atoms with Gasteiger partial charge in [-0.3, -0.25) is 0 Å². The van der Waals surface area contributed by atoms with Crippen LogP contribution in [0.3, 0.4) is 0 Å². The van der Waals surface area contributed by atoms with Gasteiger partial charge in [-0.15, -0.1) is 0 Å². The SMILES string of the molecule is CC(C)(C)c1ccccc1OCCNc1cccc(OC[C@H]2CCCO2)c1. The van der Waals surface area contributed by atoms with E-state index in [1.165, 1.54) is 5.56 Å². The standard InChI is InChI=1S/C23H31NO3/c1-23(2,3)21-11-4-5-12-22(21)26-15-13-24-18-8-6-9-19(16-18)27-17-20-10-7-14-25-20/h4-6,8-9,11-12,16,20,24H,7,10,13-15,17H2,1-3H3/t20-/m1/s1. The Labute approximate surface area is 162 Å². The van der Waals surface area contributed by atoms with Crippen LogP contribution in [0.2, 0.25) is 0 Å². The van der Waals surface area contributed by atoms with Crippen LogP contribution in [0.1, 0.15) is 39.2 Å². The highest BCUT2D eigenvalue weighted by Crippen LogP contribution is 2.30. The quantitative estimate of drug-likeness (QED) is 0.662. The van der Waals surface area contributed by atoms with Crippen molar-refractivity contribution in [2.75, 3.05) is 31.7 Å². The minimum atomic E-state index is 0.0682. The molecule has 1 atom stereocenters. The minimum Gasteiger partial charge on any atom is -0.491 e. The zero-order chi connectivity index (χ0) is 19.1. The molecule has 0 spiro atoms. The molecule has 0 aromatic heterocycles. The molecule has 1 N–H and O–H groups in total. The van der Waals surface area contributed by atoms with Crippen LogP contribution in [0.15, 0.2) is 48.5 Å². The number of para-hydroxylation sites is 1. The lowest BCUT2D eigenvalue weighted by molar-refractivity contribution is 0.0680. The summed E-state index contributed by atoms with van der Waals surface area (Å²) in [5.74, 6) is 1.83. The van der Waals surface area contributed by atoms with Crippen molar-refractivity contribution in [3.8, 4) is 11.5 Å². The summed E-state index contributed by atoms with van der Waals surface area (Å²) in [6, 6.07) is 16.3. The van der Waals surface area contributed by atoms with E-state index in [0.29, 0.717) is 13.2 Å². The van der Waals surface area contributed by atoms with Crippen molar-refractivity contribution >= 4 is 5.69 Å². The summed E-state index contributed by atoms with van der Waals surface area (Å²) in [7, 11) is 0. The molecular weight excluding hydrogens is 338 g/mol. The summed E-state index contributed by atoms with van der Waals surface area (Å²) in [5, 5.41) is 3.41. The van der Waals surface area contributed by atoms with Crippen LogP contribution in [0.4, 0.5) is 5.69 Å². The first kappa shape index (κ1) is 19.6. The van der Waals surface area contributed by atoms with Crippen LogP contribution >= 0.6 is 0 Å². The zero-order valence-electron chi connectivity index (χ0n) is 16.7. The van der Waals surface area contributed by atoms with Gasteiger partial charge in [-0.2, -0.15) is 0 Å². The Morgan fingerprint density at radius 2 is 1.93 bits per heavy atom. The largest absolute Gasteiger partial charge is 0.491 e. The van der Waals surface area contributed by atoms with Crippen molar-refractivity contribution in [3.63, 3.8) is 0 Å². The molecule has 4 heteroatoms. The number of benzene rings is 2. The number of anilines is 1. The van der Waals surface area contributed by atoms with Crippen molar-refractivity contribution in [3.05, 3.63) is 54.1 Å². The van der Waals surface area contributed by atoms with Gasteiger partial charge in [0.1, 0.15) is 24.7 Å². The molecule has 146 valence electrons. The zero-order valence-corrected chi connectivity index (χ0v) is 16.7. The lowest BCUT2D eigenvalue weighted by atomic mass is 9.86. The maximum atomic E-state index is 6.02. The van der Waals surface area contributed by atoms with Crippen molar-refractivity contribution in [2.24, 2.45) is 0 Å². The van der Waals surface area contributed by atoms with Gasteiger partial charge in [-0.05, 0) is 42.0 Å². The average Bonchev–Trinajstić information content (AvgIpc) is 3.17. The van der Waals surface area contributed by atoms with Gasteiger partial charge in [-0.25, -0.2) is 0 Å². The molecule has 1 aliphatic rings. The first-order valence-electron chi connectivity index (χ1n) is 9.83. The van der Waals surface area contributed by atoms with Crippen molar-refractivity contribution in [1.29, 1.82) is 0 Å². The summed E-state index contributed by atoms with van der Waals surface area (Å²) in [4.78, 5) is 0. The van der Waals surface area contributed by atoms with E-state index in [0.717, 1.165) is 43.2 Å². The fraction of sp³-hybridized carbons (Fsp3) is 0.478. The second-order valence-electron chi connectivity index (χ2n) is 8.00. The van der Waals surface area contributed by atoms with Crippen molar-refractivity contribution in [1.82, 2.24) is 0 Å². The third kappa shape index (κ3) is 5.90. The Bertz CT molecular complexity index is 718. The third-order valence-corrected chi connectivity index (χ3v) is 4.68. The van der Waals surface area contributed by atoms with Crippen LogP contribution in [-0.4, -0.2) is 32.5 Å². The van der Waals surface area contributed by atoms with Gasteiger partial charge in [0.15, 0.2) is 0 Å². The van der Waals surface area contributed by atoms with E-state index in [9.17, 15) is 0 Å². The van der Waals surface area contributed by atoms with Gasteiger partial charge in [0.05, 0.1) is 6.10 Å². The van der Waals surface area contributed by atoms with E-state index in [1.807, 2.05) is 36.4 Å². The molecule has 2 aromatic carbocycles. The molecule has 0 bridgehead atoms. The Morgan fingerprint density at radius 1 is 1.07 bits per heavy atom. The van der Waals surface area contributed by atoms with Gasteiger partial charge >= 0.3 is 0 Å². The summed E-state index contributed by atoms with van der Waals surface area (Å²) in [6.45, 7) is 9.42. The Balaban J connectivity index is 1.46. The molecule has 2 aromatic rings. The molecular formula is C23H31NO3. The molecule has 3 rings (SSSR count). The highest BCUT2D eigenvalue weighted by atomic mass is 16.5. The monoisotopic (exact) mass is 369 g/mol. The molecule has 1 heterocycles. The molecule has 27 heavy (non-hydrogen) atoms. The predicted molar refractivity (Wildman–Crippen MR) is 110 cm³/mol. The second-order valence-corrected chi connectivity index (χ2v) is 8.00. The van der Waals surface area contributed by atoms with Crippen LogP contribution < -0.4 is 14.8 Å².